The van der Waals surface area contributed by atoms with Crippen LogP contribution in [0.1, 0.15) is 37.0 Å². The largest absolute Gasteiger partial charge is 0.360 e. The minimum absolute atomic E-state index is 0. The molecule has 2 heterocycles. The third kappa shape index (κ3) is 3.46. The Morgan fingerprint density at radius 1 is 1.56 bits per heavy atom. The molecule has 2 rings (SSSR count). The molecule has 1 aromatic rings. The summed E-state index contributed by atoms with van der Waals surface area (Å²) >= 11 is 0. The molecule has 6 heteroatoms. The van der Waals surface area contributed by atoms with Crippen LogP contribution in [0.15, 0.2) is 10.6 Å². The summed E-state index contributed by atoms with van der Waals surface area (Å²) in [6.45, 7) is 8.72. The predicted octanol–water partition coefficient (Wildman–Crippen LogP) is 1.34. The Kier molecular flexibility index (Phi) is 4.76. The van der Waals surface area contributed by atoms with Crippen LogP contribution >= 0.6 is 12.4 Å². The molecule has 1 fully saturated rings. The van der Waals surface area contributed by atoms with E-state index in [0.29, 0.717) is 18.2 Å². The smallest absolute Gasteiger partial charge is 0.273 e. The van der Waals surface area contributed by atoms with Crippen LogP contribution in [0, 0.1) is 5.92 Å². The zero-order valence-electron chi connectivity index (χ0n) is 10.9. The van der Waals surface area contributed by atoms with Crippen LogP contribution in [0.25, 0.3) is 0 Å². The van der Waals surface area contributed by atoms with Gasteiger partial charge in [-0.25, -0.2) is 0 Å². The van der Waals surface area contributed by atoms with Crippen molar-refractivity contribution in [1.82, 2.24) is 15.8 Å². The Hall–Kier alpha value is -1.07. The normalized spacial score (nSPS) is 15.7. The summed E-state index contributed by atoms with van der Waals surface area (Å²) in [5.74, 6) is 1.12. The van der Waals surface area contributed by atoms with Crippen LogP contribution in [0.4, 0.5) is 0 Å². The number of amides is 1. The maximum absolute atomic E-state index is 11.8. The lowest BCUT2D eigenvalue weighted by molar-refractivity contribution is 0.0933. The lowest BCUT2D eigenvalue weighted by Crippen LogP contribution is -2.48. The zero-order chi connectivity index (χ0) is 12.5. The fourth-order valence-electron chi connectivity index (χ4n) is 1.56. The summed E-state index contributed by atoms with van der Waals surface area (Å²) < 4.78 is 5.17. The van der Waals surface area contributed by atoms with Gasteiger partial charge in [-0.2, -0.15) is 0 Å². The van der Waals surface area contributed by atoms with Gasteiger partial charge in [0, 0.05) is 37.0 Å². The van der Waals surface area contributed by atoms with Gasteiger partial charge < -0.3 is 15.2 Å². The van der Waals surface area contributed by atoms with Crippen LogP contribution < -0.4 is 10.6 Å². The highest BCUT2D eigenvalue weighted by atomic mass is 35.5. The highest BCUT2D eigenvalue weighted by Crippen LogP contribution is 2.22. The Labute approximate surface area is 113 Å². The van der Waals surface area contributed by atoms with Gasteiger partial charge in [-0.3, -0.25) is 4.79 Å². The van der Waals surface area contributed by atoms with Gasteiger partial charge in [0.05, 0.1) is 0 Å². The Balaban J connectivity index is 0.00000162. The first-order valence-electron chi connectivity index (χ1n) is 5.93. The molecule has 1 amide bonds. The van der Waals surface area contributed by atoms with Crippen LogP contribution in [0.3, 0.4) is 0 Å². The van der Waals surface area contributed by atoms with Crippen molar-refractivity contribution in [2.24, 2.45) is 5.92 Å². The summed E-state index contributed by atoms with van der Waals surface area (Å²) in [6, 6.07) is 1.72. The van der Waals surface area contributed by atoms with Gasteiger partial charge >= 0.3 is 0 Å². The monoisotopic (exact) mass is 273 g/mol. The summed E-state index contributed by atoms with van der Waals surface area (Å²) in [7, 11) is 0. The fraction of sp³-hybridized carbons (Fsp3) is 0.667. The third-order valence-electron chi connectivity index (χ3n) is 2.90. The molecular weight excluding hydrogens is 254 g/mol. The Morgan fingerprint density at radius 2 is 2.22 bits per heavy atom. The van der Waals surface area contributed by atoms with E-state index in [4.69, 9.17) is 4.52 Å². The molecular formula is C12H20ClN3O2. The first-order chi connectivity index (χ1) is 7.97. The van der Waals surface area contributed by atoms with Crippen molar-refractivity contribution in [3.8, 4) is 0 Å². The molecule has 0 saturated carbocycles. The minimum atomic E-state index is -0.156. The number of hydrogen-bond acceptors (Lipinski definition) is 4. The average Bonchev–Trinajstić information content (AvgIpc) is 2.62. The number of carbonyl (C=O) groups excluding carboxylic acids is 1. The van der Waals surface area contributed by atoms with E-state index in [0.717, 1.165) is 18.8 Å². The van der Waals surface area contributed by atoms with Crippen molar-refractivity contribution in [3.05, 3.63) is 17.5 Å². The zero-order valence-corrected chi connectivity index (χ0v) is 11.8. The topological polar surface area (TPSA) is 67.2 Å². The molecule has 0 atom stereocenters. The van der Waals surface area contributed by atoms with E-state index in [1.165, 1.54) is 0 Å². The molecule has 5 nitrogen and oxygen atoms in total. The molecule has 0 spiro atoms. The van der Waals surface area contributed by atoms with Crippen molar-refractivity contribution < 1.29 is 9.32 Å². The molecule has 1 saturated heterocycles. The standard InChI is InChI=1S/C12H19N3O2.ClH/c1-12(2,3)10-4-9(15-17-10)11(16)14-7-8-5-13-6-8;/h4,8,13H,5-7H2,1-3H3,(H,14,16);1H. The lowest BCUT2D eigenvalue weighted by Gasteiger charge is -2.26. The predicted molar refractivity (Wildman–Crippen MR) is 71.1 cm³/mol. The van der Waals surface area contributed by atoms with Crippen molar-refractivity contribution >= 4 is 18.3 Å². The molecule has 0 bridgehead atoms. The molecule has 0 aromatic carbocycles. The fourth-order valence-corrected chi connectivity index (χ4v) is 1.56. The van der Waals surface area contributed by atoms with Crippen LogP contribution in [-0.2, 0) is 5.41 Å². The second-order valence-corrected chi connectivity index (χ2v) is 5.56. The van der Waals surface area contributed by atoms with Crippen molar-refractivity contribution in [2.45, 2.75) is 26.2 Å². The maximum Gasteiger partial charge on any atom is 0.273 e. The molecule has 102 valence electrons. The Bertz CT molecular complexity index is 408. The first-order valence-corrected chi connectivity index (χ1v) is 5.93. The number of carbonyl (C=O) groups is 1. The summed E-state index contributed by atoms with van der Waals surface area (Å²) in [4.78, 5) is 11.8. The van der Waals surface area contributed by atoms with Crippen LogP contribution in [0.2, 0.25) is 0 Å². The molecule has 1 aliphatic rings. The van der Waals surface area contributed by atoms with E-state index < -0.39 is 0 Å². The van der Waals surface area contributed by atoms with E-state index in [1.807, 2.05) is 20.8 Å². The SMILES string of the molecule is CC(C)(C)c1cc(C(=O)NCC2CNC2)no1.Cl. The van der Waals surface area contributed by atoms with E-state index in [2.05, 4.69) is 15.8 Å². The number of aromatic nitrogens is 1. The molecule has 0 radical (unpaired) electrons. The maximum atomic E-state index is 11.8. The van der Waals surface area contributed by atoms with Crippen molar-refractivity contribution in [2.75, 3.05) is 19.6 Å². The van der Waals surface area contributed by atoms with E-state index in [1.54, 1.807) is 6.07 Å². The summed E-state index contributed by atoms with van der Waals surface area (Å²) in [5, 5.41) is 9.83. The van der Waals surface area contributed by atoms with Gasteiger partial charge in [0.25, 0.3) is 5.91 Å². The highest BCUT2D eigenvalue weighted by Gasteiger charge is 2.23. The van der Waals surface area contributed by atoms with Crippen molar-refractivity contribution in [3.63, 3.8) is 0 Å². The summed E-state index contributed by atoms with van der Waals surface area (Å²) in [6.07, 6.45) is 0. The number of halogens is 1. The molecule has 2 N–H and O–H groups in total. The molecule has 1 aliphatic heterocycles. The molecule has 0 unspecified atom stereocenters. The van der Waals surface area contributed by atoms with Gasteiger partial charge in [-0.1, -0.05) is 25.9 Å². The lowest BCUT2D eigenvalue weighted by atomic mass is 9.93. The quantitative estimate of drug-likeness (QED) is 0.872. The van der Waals surface area contributed by atoms with Gasteiger partial charge in [0.1, 0.15) is 5.76 Å². The number of hydrogen-bond donors (Lipinski definition) is 2. The molecule has 1 aromatic heterocycles. The van der Waals surface area contributed by atoms with Gasteiger partial charge in [0.2, 0.25) is 0 Å². The second-order valence-electron chi connectivity index (χ2n) is 5.56. The first kappa shape index (κ1) is 15.0. The highest BCUT2D eigenvalue weighted by molar-refractivity contribution is 5.92. The van der Waals surface area contributed by atoms with E-state index in [9.17, 15) is 4.79 Å². The Morgan fingerprint density at radius 3 is 2.67 bits per heavy atom. The average molecular weight is 274 g/mol. The minimum Gasteiger partial charge on any atom is -0.360 e. The molecule has 0 aliphatic carbocycles. The summed E-state index contributed by atoms with van der Waals surface area (Å²) in [5.41, 5.74) is 0.242. The van der Waals surface area contributed by atoms with Gasteiger partial charge in [0.15, 0.2) is 5.69 Å². The van der Waals surface area contributed by atoms with E-state index >= 15 is 0 Å². The number of nitrogens with zero attached hydrogens (tertiary/aromatic N) is 1. The number of rotatable bonds is 3. The van der Waals surface area contributed by atoms with Gasteiger partial charge in [-0.05, 0) is 0 Å². The van der Waals surface area contributed by atoms with Gasteiger partial charge in [-0.15, -0.1) is 12.4 Å². The van der Waals surface area contributed by atoms with E-state index in [-0.39, 0.29) is 23.7 Å². The number of nitrogens with one attached hydrogen (secondary N) is 2. The van der Waals surface area contributed by atoms with Crippen LogP contribution in [0.5, 0.6) is 0 Å². The second kappa shape index (κ2) is 5.71. The van der Waals surface area contributed by atoms with Crippen molar-refractivity contribution in [1.29, 1.82) is 0 Å². The third-order valence-corrected chi connectivity index (χ3v) is 2.90. The van der Waals surface area contributed by atoms with Crippen LogP contribution in [-0.4, -0.2) is 30.7 Å². The molecule has 18 heavy (non-hydrogen) atoms.